The molecule has 3 aromatic rings. The molecule has 1 saturated heterocycles. The van der Waals surface area contributed by atoms with Gasteiger partial charge >= 0.3 is 0 Å². The fraction of sp³-hybridized carbons (Fsp3) is 0.357. The molecule has 2 heterocycles. The molecular weight excluding hydrogens is 498 g/mol. The summed E-state index contributed by atoms with van der Waals surface area (Å²) in [6.07, 6.45) is 3.18. The Balaban J connectivity index is 1.40. The molecule has 0 unspecified atom stereocenters. The number of carbonyl (C=O) groups excluding carboxylic acids is 1. The number of nitrogens with zero attached hydrogens (tertiary/aromatic N) is 1. The van der Waals surface area contributed by atoms with Gasteiger partial charge in [0.1, 0.15) is 29.7 Å². The lowest BCUT2D eigenvalue weighted by Gasteiger charge is -2.37. The Bertz CT molecular complexity index is 1290. The summed E-state index contributed by atoms with van der Waals surface area (Å²) < 4.78 is 44.8. The Morgan fingerprint density at radius 3 is 2.87 bits per heavy atom. The first-order chi connectivity index (χ1) is 18.4. The number of amides is 1. The lowest BCUT2D eigenvalue weighted by atomic mass is 9.94. The van der Waals surface area contributed by atoms with Crippen LogP contribution >= 0.6 is 0 Å². The van der Waals surface area contributed by atoms with E-state index in [0.29, 0.717) is 24.3 Å². The number of carbonyl (C=O) groups is 1. The van der Waals surface area contributed by atoms with Crippen LogP contribution in [0.2, 0.25) is 0 Å². The maximum atomic E-state index is 13.8. The van der Waals surface area contributed by atoms with Crippen molar-refractivity contribution in [3.63, 3.8) is 0 Å². The van der Waals surface area contributed by atoms with Gasteiger partial charge in [-0.25, -0.2) is 8.78 Å². The molecule has 2 aromatic carbocycles. The summed E-state index contributed by atoms with van der Waals surface area (Å²) in [6, 6.07) is 9.78. The number of benzene rings is 2. The summed E-state index contributed by atoms with van der Waals surface area (Å²) in [5.74, 6) is -0.483. The Morgan fingerprint density at radius 2 is 2.08 bits per heavy atom. The SMILES string of the molecule is COc1ccc2nccc(OC[C@@H]3CC[C@@H](NC(=O)/C=C/c4cc(F)ccc4F)[C@@H](C[C@H](O)CO)O3)c2c1. The molecule has 38 heavy (non-hydrogen) atoms. The van der Waals surface area contributed by atoms with Gasteiger partial charge in [-0.3, -0.25) is 9.78 Å². The third kappa shape index (κ3) is 7.03. The fourth-order valence-corrected chi connectivity index (χ4v) is 4.39. The Kier molecular flexibility index (Phi) is 9.22. The quantitative estimate of drug-likeness (QED) is 0.346. The van der Waals surface area contributed by atoms with Crippen molar-refractivity contribution in [2.24, 2.45) is 0 Å². The molecule has 0 aliphatic carbocycles. The average Bonchev–Trinajstić information content (AvgIpc) is 2.93. The van der Waals surface area contributed by atoms with Gasteiger partial charge < -0.3 is 29.7 Å². The zero-order valence-corrected chi connectivity index (χ0v) is 20.8. The maximum absolute atomic E-state index is 13.8. The van der Waals surface area contributed by atoms with Gasteiger partial charge in [0.15, 0.2) is 0 Å². The molecule has 0 radical (unpaired) electrons. The molecule has 0 spiro atoms. The summed E-state index contributed by atoms with van der Waals surface area (Å²) in [4.78, 5) is 16.9. The van der Waals surface area contributed by atoms with E-state index in [-0.39, 0.29) is 24.7 Å². The van der Waals surface area contributed by atoms with Crippen LogP contribution in [0.5, 0.6) is 11.5 Å². The van der Waals surface area contributed by atoms with Crippen molar-refractivity contribution in [1.82, 2.24) is 10.3 Å². The summed E-state index contributed by atoms with van der Waals surface area (Å²) >= 11 is 0. The zero-order chi connectivity index (χ0) is 27.1. The van der Waals surface area contributed by atoms with Crippen LogP contribution in [0, 0.1) is 11.6 Å². The van der Waals surface area contributed by atoms with Crippen molar-refractivity contribution in [2.45, 2.75) is 43.6 Å². The summed E-state index contributed by atoms with van der Waals surface area (Å²) in [6.45, 7) is -0.229. The van der Waals surface area contributed by atoms with Crippen LogP contribution in [-0.2, 0) is 9.53 Å². The molecule has 1 amide bonds. The van der Waals surface area contributed by atoms with E-state index >= 15 is 0 Å². The van der Waals surface area contributed by atoms with Gasteiger partial charge in [-0.2, -0.15) is 0 Å². The molecule has 1 aliphatic rings. The second-order valence-corrected chi connectivity index (χ2v) is 9.06. The number of aromatic nitrogens is 1. The van der Waals surface area contributed by atoms with E-state index in [1.165, 1.54) is 6.08 Å². The monoisotopic (exact) mass is 528 g/mol. The van der Waals surface area contributed by atoms with Crippen molar-refractivity contribution in [2.75, 3.05) is 20.3 Å². The highest BCUT2D eigenvalue weighted by Gasteiger charge is 2.33. The number of aliphatic hydroxyl groups excluding tert-OH is 2. The molecule has 10 heteroatoms. The number of ether oxygens (including phenoxy) is 3. The maximum Gasteiger partial charge on any atom is 0.244 e. The van der Waals surface area contributed by atoms with E-state index < -0.39 is 42.4 Å². The van der Waals surface area contributed by atoms with E-state index in [2.05, 4.69) is 10.3 Å². The topological polar surface area (TPSA) is 110 Å². The minimum atomic E-state index is -1.03. The van der Waals surface area contributed by atoms with Gasteiger partial charge in [0, 0.05) is 29.6 Å². The highest BCUT2D eigenvalue weighted by atomic mass is 19.1. The molecule has 202 valence electrons. The number of methoxy groups -OCH3 is 1. The summed E-state index contributed by atoms with van der Waals surface area (Å²) in [7, 11) is 1.58. The van der Waals surface area contributed by atoms with Crippen LogP contribution in [0.25, 0.3) is 17.0 Å². The predicted octanol–water partition coefficient (Wildman–Crippen LogP) is 3.39. The zero-order valence-electron chi connectivity index (χ0n) is 20.8. The average molecular weight is 529 g/mol. The molecule has 1 aromatic heterocycles. The molecule has 1 aliphatic heterocycles. The van der Waals surface area contributed by atoms with Gasteiger partial charge in [-0.05, 0) is 61.4 Å². The van der Waals surface area contributed by atoms with E-state index in [9.17, 15) is 23.8 Å². The highest BCUT2D eigenvalue weighted by Crippen LogP contribution is 2.29. The molecular formula is C28H30F2N2O6. The molecule has 8 nitrogen and oxygen atoms in total. The third-order valence-electron chi connectivity index (χ3n) is 6.36. The first-order valence-electron chi connectivity index (χ1n) is 12.3. The summed E-state index contributed by atoms with van der Waals surface area (Å²) in [5, 5.41) is 23.0. The standard InChI is InChI=1S/C28H30F2N2O6/c1-36-20-4-7-24-22(14-20)26(10-11-31-24)37-16-21-5-8-25(27(38-21)13-19(34)15-33)32-28(35)9-2-17-12-18(29)3-6-23(17)30/h2-4,6-7,9-12,14,19,21,25,27,33-34H,5,8,13,15-16H2,1H3,(H,32,35)/b9-2+/t19-,21-,25+,27+/m0/s1. The fourth-order valence-electron chi connectivity index (χ4n) is 4.39. The largest absolute Gasteiger partial charge is 0.497 e. The van der Waals surface area contributed by atoms with Gasteiger partial charge in [0.25, 0.3) is 0 Å². The minimum Gasteiger partial charge on any atom is -0.497 e. The first kappa shape index (κ1) is 27.4. The summed E-state index contributed by atoms with van der Waals surface area (Å²) in [5.41, 5.74) is 0.705. The molecule has 3 N–H and O–H groups in total. The lowest BCUT2D eigenvalue weighted by molar-refractivity contribution is -0.126. The van der Waals surface area contributed by atoms with Crippen LogP contribution in [0.1, 0.15) is 24.8 Å². The van der Waals surface area contributed by atoms with Crippen LogP contribution in [0.15, 0.2) is 54.7 Å². The van der Waals surface area contributed by atoms with Crippen molar-refractivity contribution in [1.29, 1.82) is 0 Å². The van der Waals surface area contributed by atoms with Crippen molar-refractivity contribution in [3.8, 4) is 11.5 Å². The molecule has 1 fully saturated rings. The highest BCUT2D eigenvalue weighted by molar-refractivity contribution is 5.92. The normalized spacial score (nSPS) is 20.4. The number of nitrogens with one attached hydrogen (secondary N) is 1. The van der Waals surface area contributed by atoms with E-state index in [1.807, 2.05) is 18.2 Å². The predicted molar refractivity (Wildman–Crippen MR) is 137 cm³/mol. The number of fused-ring (bicyclic) bond motifs is 1. The second kappa shape index (κ2) is 12.8. The van der Waals surface area contributed by atoms with Crippen LogP contribution in [-0.4, -0.2) is 65.8 Å². The van der Waals surface area contributed by atoms with Gasteiger partial charge in [-0.15, -0.1) is 0 Å². The number of hydrogen-bond donors (Lipinski definition) is 3. The van der Waals surface area contributed by atoms with E-state index in [1.54, 1.807) is 19.4 Å². The van der Waals surface area contributed by atoms with Crippen molar-refractivity contribution in [3.05, 3.63) is 71.9 Å². The number of hydrogen-bond acceptors (Lipinski definition) is 7. The molecule has 4 rings (SSSR count). The molecule has 0 saturated carbocycles. The van der Waals surface area contributed by atoms with Gasteiger partial charge in [0.05, 0.1) is 43.6 Å². The van der Waals surface area contributed by atoms with Gasteiger partial charge in [0.2, 0.25) is 5.91 Å². The second-order valence-electron chi connectivity index (χ2n) is 9.06. The third-order valence-corrected chi connectivity index (χ3v) is 6.36. The smallest absolute Gasteiger partial charge is 0.244 e. The lowest BCUT2D eigenvalue weighted by Crippen LogP contribution is -2.51. The number of pyridine rings is 1. The number of aliphatic hydroxyl groups is 2. The van der Waals surface area contributed by atoms with Crippen molar-refractivity contribution >= 4 is 22.9 Å². The Labute approximate surface area is 218 Å². The van der Waals surface area contributed by atoms with Crippen LogP contribution in [0.3, 0.4) is 0 Å². The van der Waals surface area contributed by atoms with Crippen molar-refractivity contribution < 1.29 is 38.0 Å². The van der Waals surface area contributed by atoms with Crippen LogP contribution < -0.4 is 14.8 Å². The molecule has 4 atom stereocenters. The minimum absolute atomic E-state index is 0.0502. The van der Waals surface area contributed by atoms with E-state index in [0.717, 1.165) is 35.2 Å². The Morgan fingerprint density at radius 1 is 1.24 bits per heavy atom. The number of halogens is 2. The first-order valence-corrected chi connectivity index (χ1v) is 12.3. The van der Waals surface area contributed by atoms with E-state index in [4.69, 9.17) is 14.2 Å². The van der Waals surface area contributed by atoms with Crippen LogP contribution in [0.4, 0.5) is 8.78 Å². The number of rotatable bonds is 10. The Hall–Kier alpha value is -3.60. The molecule has 0 bridgehead atoms. The van der Waals surface area contributed by atoms with Gasteiger partial charge in [-0.1, -0.05) is 0 Å².